The number of nitrogens with one attached hydrogen (secondary N) is 1. The molecule has 1 fully saturated rings. The first-order valence-electron chi connectivity index (χ1n) is 5.47. The van der Waals surface area contributed by atoms with Gasteiger partial charge in [-0.2, -0.15) is 4.39 Å². The van der Waals surface area contributed by atoms with Gasteiger partial charge in [0.2, 0.25) is 0 Å². The van der Waals surface area contributed by atoms with Crippen molar-refractivity contribution in [1.82, 2.24) is 4.98 Å². The summed E-state index contributed by atoms with van der Waals surface area (Å²) in [5.74, 6) is -0.692. The van der Waals surface area contributed by atoms with Crippen molar-refractivity contribution in [3.05, 3.63) is 28.3 Å². The lowest BCUT2D eigenvalue weighted by Gasteiger charge is -2.32. The lowest BCUT2D eigenvalue weighted by molar-refractivity contribution is 0.00578. The Morgan fingerprint density at radius 2 is 1.71 bits per heavy atom. The number of H-pyrrole nitrogens is 1. The van der Waals surface area contributed by atoms with Gasteiger partial charge in [0.15, 0.2) is 11.4 Å². The molecule has 92 valence electrons. The predicted molar refractivity (Wildman–Crippen MR) is 62.7 cm³/mol. The second-order valence-electron chi connectivity index (χ2n) is 5.21. The summed E-state index contributed by atoms with van der Waals surface area (Å²) in [6.45, 7) is 7.57. The van der Waals surface area contributed by atoms with Gasteiger partial charge in [0, 0.05) is 12.1 Å². The fourth-order valence-corrected chi connectivity index (χ4v) is 1.63. The summed E-state index contributed by atoms with van der Waals surface area (Å²) in [7, 11) is -0.747. The molecule has 1 N–H and O–H groups in total. The molecule has 1 aliphatic heterocycles. The highest BCUT2D eigenvalue weighted by atomic mass is 19.1. The monoisotopic (exact) mass is 239 g/mol. The van der Waals surface area contributed by atoms with Gasteiger partial charge < -0.3 is 14.3 Å². The zero-order valence-electron chi connectivity index (χ0n) is 10.3. The van der Waals surface area contributed by atoms with Crippen LogP contribution >= 0.6 is 0 Å². The molecule has 17 heavy (non-hydrogen) atoms. The Labute approximate surface area is 99.3 Å². The van der Waals surface area contributed by atoms with Crippen LogP contribution in [-0.2, 0) is 9.31 Å². The highest BCUT2D eigenvalue weighted by molar-refractivity contribution is 6.61. The number of halogens is 1. The van der Waals surface area contributed by atoms with Crippen molar-refractivity contribution in [3.8, 4) is 0 Å². The fourth-order valence-electron chi connectivity index (χ4n) is 1.63. The van der Waals surface area contributed by atoms with E-state index in [9.17, 15) is 9.18 Å². The molecular weight excluding hydrogens is 224 g/mol. The van der Waals surface area contributed by atoms with Crippen LogP contribution in [0.2, 0.25) is 0 Å². The SMILES string of the molecule is CC1(C)OB(c2cc(=O)cc(F)[nH]2)OC1(C)C. The average Bonchev–Trinajstić information content (AvgIpc) is 2.34. The number of rotatable bonds is 1. The van der Waals surface area contributed by atoms with E-state index < -0.39 is 29.7 Å². The first-order chi connectivity index (χ1) is 7.71. The van der Waals surface area contributed by atoms with Crippen molar-refractivity contribution in [1.29, 1.82) is 0 Å². The molecule has 0 aliphatic carbocycles. The molecule has 2 heterocycles. The third kappa shape index (κ3) is 2.15. The third-order valence-corrected chi connectivity index (χ3v) is 3.34. The summed E-state index contributed by atoms with van der Waals surface area (Å²) in [6, 6.07) is 2.17. The first kappa shape index (κ1) is 12.3. The topological polar surface area (TPSA) is 51.3 Å². The predicted octanol–water partition coefficient (Wildman–Crippen LogP) is 0.813. The van der Waals surface area contributed by atoms with Crippen LogP contribution in [0.4, 0.5) is 4.39 Å². The van der Waals surface area contributed by atoms with Gasteiger partial charge in [-0.25, -0.2) is 0 Å². The number of pyridine rings is 1. The number of aromatic nitrogens is 1. The van der Waals surface area contributed by atoms with Crippen LogP contribution in [0.3, 0.4) is 0 Å². The highest BCUT2D eigenvalue weighted by Gasteiger charge is 2.52. The third-order valence-electron chi connectivity index (χ3n) is 3.34. The van der Waals surface area contributed by atoms with Crippen molar-refractivity contribution in [2.75, 3.05) is 0 Å². The molecule has 1 aliphatic rings. The van der Waals surface area contributed by atoms with Gasteiger partial charge in [-0.05, 0) is 27.7 Å². The van der Waals surface area contributed by atoms with E-state index in [2.05, 4.69) is 4.98 Å². The van der Waals surface area contributed by atoms with Crippen molar-refractivity contribution >= 4 is 12.7 Å². The zero-order valence-corrected chi connectivity index (χ0v) is 10.3. The summed E-state index contributed by atoms with van der Waals surface area (Å²) in [5.41, 5.74) is -1.14. The van der Waals surface area contributed by atoms with Gasteiger partial charge >= 0.3 is 7.12 Å². The van der Waals surface area contributed by atoms with E-state index in [1.54, 1.807) is 0 Å². The Balaban J connectivity index is 2.35. The molecule has 1 aromatic rings. The minimum Gasteiger partial charge on any atom is -0.398 e. The standard InChI is InChI=1S/C11H15BFNO3/c1-10(2)11(3,4)17-12(16-10)8-5-7(15)6-9(13)14-8/h5-6H,1-4H3,(H,14,15). The average molecular weight is 239 g/mol. The molecule has 1 aromatic heterocycles. The van der Waals surface area contributed by atoms with E-state index in [4.69, 9.17) is 9.31 Å². The molecule has 4 nitrogen and oxygen atoms in total. The van der Waals surface area contributed by atoms with Gasteiger partial charge in [0.25, 0.3) is 0 Å². The molecular formula is C11H15BFNO3. The zero-order chi connectivity index (χ0) is 12.8. The Hall–Kier alpha value is -1.14. The first-order valence-corrected chi connectivity index (χ1v) is 5.47. The van der Waals surface area contributed by atoms with E-state index in [1.165, 1.54) is 6.07 Å². The second-order valence-corrected chi connectivity index (χ2v) is 5.21. The van der Waals surface area contributed by atoms with Crippen LogP contribution in [0.5, 0.6) is 0 Å². The lowest BCUT2D eigenvalue weighted by Crippen LogP contribution is -2.41. The Morgan fingerprint density at radius 1 is 1.18 bits per heavy atom. The fraction of sp³-hybridized carbons (Fsp3) is 0.545. The molecule has 0 saturated carbocycles. The van der Waals surface area contributed by atoms with E-state index in [0.29, 0.717) is 5.59 Å². The molecule has 1 saturated heterocycles. The van der Waals surface area contributed by atoms with E-state index >= 15 is 0 Å². The molecule has 6 heteroatoms. The summed E-state index contributed by atoms with van der Waals surface area (Å²) in [6.07, 6.45) is 0. The van der Waals surface area contributed by atoms with Gasteiger partial charge in [0.05, 0.1) is 16.8 Å². The van der Waals surface area contributed by atoms with Crippen LogP contribution in [-0.4, -0.2) is 23.3 Å². The highest BCUT2D eigenvalue weighted by Crippen LogP contribution is 2.36. The normalized spacial score (nSPS) is 21.8. The minimum atomic E-state index is -0.747. The van der Waals surface area contributed by atoms with Gasteiger partial charge in [-0.15, -0.1) is 0 Å². The summed E-state index contributed by atoms with van der Waals surface area (Å²) < 4.78 is 24.5. The molecule has 0 bridgehead atoms. The van der Waals surface area contributed by atoms with Crippen molar-refractivity contribution in [2.24, 2.45) is 0 Å². The number of hydrogen-bond donors (Lipinski definition) is 1. The summed E-state index contributed by atoms with van der Waals surface area (Å²) in [4.78, 5) is 13.7. The Kier molecular flexibility index (Phi) is 2.67. The molecule has 0 radical (unpaired) electrons. The summed E-state index contributed by atoms with van der Waals surface area (Å²) in [5, 5.41) is 0. The smallest absolute Gasteiger partial charge is 0.398 e. The molecule has 0 amide bonds. The largest absolute Gasteiger partial charge is 0.512 e. The number of hydrogen-bond acceptors (Lipinski definition) is 3. The molecule has 2 rings (SSSR count). The van der Waals surface area contributed by atoms with Gasteiger partial charge in [-0.3, -0.25) is 4.79 Å². The maximum atomic E-state index is 13.1. The van der Waals surface area contributed by atoms with Crippen LogP contribution in [0, 0.1) is 5.95 Å². The van der Waals surface area contributed by atoms with E-state index in [-0.39, 0.29) is 0 Å². The maximum Gasteiger partial charge on any atom is 0.512 e. The quantitative estimate of drug-likeness (QED) is 0.582. The van der Waals surface area contributed by atoms with Crippen LogP contribution < -0.4 is 11.0 Å². The van der Waals surface area contributed by atoms with Crippen molar-refractivity contribution in [3.63, 3.8) is 0 Å². The molecule has 0 unspecified atom stereocenters. The van der Waals surface area contributed by atoms with E-state index in [1.807, 2.05) is 27.7 Å². The lowest BCUT2D eigenvalue weighted by atomic mass is 9.84. The van der Waals surface area contributed by atoms with Crippen LogP contribution in [0.1, 0.15) is 27.7 Å². The van der Waals surface area contributed by atoms with Gasteiger partial charge in [0.1, 0.15) is 0 Å². The molecule has 0 aromatic carbocycles. The molecule has 0 spiro atoms. The second kappa shape index (κ2) is 3.68. The van der Waals surface area contributed by atoms with E-state index in [0.717, 1.165) is 6.07 Å². The molecule has 0 atom stereocenters. The van der Waals surface area contributed by atoms with Crippen molar-refractivity contribution < 1.29 is 13.7 Å². The van der Waals surface area contributed by atoms with Crippen molar-refractivity contribution in [2.45, 2.75) is 38.9 Å². The number of aromatic amines is 1. The summed E-state index contributed by atoms with van der Waals surface area (Å²) >= 11 is 0. The van der Waals surface area contributed by atoms with Gasteiger partial charge in [-0.1, -0.05) is 0 Å². The maximum absolute atomic E-state index is 13.1. The Bertz CT molecular complexity index is 482. The minimum absolute atomic E-state index is 0.300. The van der Waals surface area contributed by atoms with Crippen LogP contribution in [0.15, 0.2) is 16.9 Å². The van der Waals surface area contributed by atoms with Crippen LogP contribution in [0.25, 0.3) is 0 Å². The Morgan fingerprint density at radius 3 is 2.18 bits per heavy atom.